The molecular weight excluding hydrogens is 484 g/mol. The average Bonchev–Trinajstić information content (AvgIpc) is 3.22. The first-order valence-corrected chi connectivity index (χ1v) is 11.0. The topological polar surface area (TPSA) is 230 Å². The molecule has 2 saturated heterocycles. The molecule has 0 aromatic heterocycles. The van der Waals surface area contributed by atoms with E-state index in [2.05, 4.69) is 0 Å². The van der Waals surface area contributed by atoms with Crippen LogP contribution in [0.2, 0.25) is 0 Å². The minimum Gasteiger partial charge on any atom is -0.504 e. The largest absolute Gasteiger partial charge is 0.504 e. The fraction of sp³-hybridized carbons (Fsp3) is 0.478. The van der Waals surface area contributed by atoms with E-state index in [4.69, 9.17) is 14.2 Å². The van der Waals surface area contributed by atoms with E-state index in [1.165, 1.54) is 12.1 Å². The molecule has 10 N–H and O–H groups in total. The van der Waals surface area contributed by atoms with Crippen LogP contribution < -0.4 is 0 Å². The molecule has 2 aliphatic heterocycles. The Bertz CT molecular complexity index is 1020. The van der Waals surface area contributed by atoms with Crippen LogP contribution in [0.4, 0.5) is 0 Å². The summed E-state index contributed by atoms with van der Waals surface area (Å²) in [6.07, 6.45) is -12.4. The van der Waals surface area contributed by atoms with Crippen molar-refractivity contribution in [2.24, 2.45) is 0 Å². The maximum atomic E-state index is 11.9. The highest BCUT2D eigenvalue weighted by Gasteiger charge is 2.52. The number of hydrogen-bond donors (Lipinski definition) is 10. The molecule has 198 valence electrons. The van der Waals surface area contributed by atoms with E-state index in [0.717, 1.165) is 24.3 Å². The van der Waals surface area contributed by atoms with Gasteiger partial charge in [0.2, 0.25) is 0 Å². The van der Waals surface area contributed by atoms with Crippen LogP contribution in [0.5, 0.6) is 23.0 Å². The third-order valence-corrected chi connectivity index (χ3v) is 6.52. The van der Waals surface area contributed by atoms with Crippen molar-refractivity contribution in [3.63, 3.8) is 0 Å². The van der Waals surface area contributed by atoms with E-state index in [0.29, 0.717) is 0 Å². The number of aliphatic hydroxyl groups excluding tert-OH is 5. The van der Waals surface area contributed by atoms with E-state index in [-0.39, 0.29) is 17.5 Å². The molecule has 2 fully saturated rings. The molecule has 0 saturated carbocycles. The second-order valence-electron chi connectivity index (χ2n) is 8.80. The van der Waals surface area contributed by atoms with E-state index < -0.39 is 84.4 Å². The van der Waals surface area contributed by atoms with Crippen molar-refractivity contribution in [2.75, 3.05) is 6.61 Å². The predicted molar refractivity (Wildman–Crippen MR) is 117 cm³/mol. The van der Waals surface area contributed by atoms with Crippen molar-refractivity contribution in [1.29, 1.82) is 0 Å². The molecule has 13 heteroatoms. The molecule has 0 spiro atoms. The minimum atomic E-state index is -2.18. The summed E-state index contributed by atoms with van der Waals surface area (Å²) in [5.41, 5.74) is -2.19. The first kappa shape index (κ1) is 26.3. The Hall–Kier alpha value is -2.72. The molecule has 0 bridgehead atoms. The molecule has 8 atom stereocenters. The van der Waals surface area contributed by atoms with Gasteiger partial charge in [0.25, 0.3) is 0 Å². The monoisotopic (exact) mass is 512 g/mol. The zero-order chi connectivity index (χ0) is 26.4. The van der Waals surface area contributed by atoms with Crippen LogP contribution in [0.15, 0.2) is 36.4 Å². The van der Waals surface area contributed by atoms with Gasteiger partial charge in [-0.2, -0.15) is 0 Å². The van der Waals surface area contributed by atoms with Gasteiger partial charge in [0.15, 0.2) is 35.6 Å². The zero-order valence-corrected chi connectivity index (χ0v) is 18.7. The number of phenols is 4. The number of rotatable bonds is 6. The van der Waals surface area contributed by atoms with Crippen LogP contribution in [0, 0.1) is 0 Å². The summed E-state index contributed by atoms with van der Waals surface area (Å²) in [6.45, 7) is -0.689. The molecular formula is C23H28O13. The van der Waals surface area contributed by atoms with E-state index in [9.17, 15) is 51.1 Å². The Morgan fingerprint density at radius 3 is 1.83 bits per heavy atom. The van der Waals surface area contributed by atoms with Crippen molar-refractivity contribution in [3.05, 3.63) is 47.5 Å². The quantitative estimate of drug-likeness (QED) is 0.190. The number of benzene rings is 2. The van der Waals surface area contributed by atoms with Crippen LogP contribution >= 0.6 is 0 Å². The Kier molecular flexibility index (Phi) is 7.30. The Balaban J connectivity index is 1.65. The van der Waals surface area contributed by atoms with E-state index in [1.54, 1.807) is 0 Å². The summed E-state index contributed by atoms with van der Waals surface area (Å²) < 4.78 is 16.5. The Labute approximate surface area is 204 Å². The number of aliphatic hydroxyl groups is 6. The van der Waals surface area contributed by atoms with Crippen LogP contribution in [0.25, 0.3) is 0 Å². The van der Waals surface area contributed by atoms with Gasteiger partial charge >= 0.3 is 0 Å². The van der Waals surface area contributed by atoms with Crippen molar-refractivity contribution in [2.45, 2.75) is 61.2 Å². The normalized spacial score (nSPS) is 33.1. The van der Waals surface area contributed by atoms with E-state index >= 15 is 0 Å². The zero-order valence-electron chi connectivity index (χ0n) is 18.7. The van der Waals surface area contributed by atoms with Gasteiger partial charge in [0.05, 0.1) is 6.61 Å². The van der Waals surface area contributed by atoms with Gasteiger partial charge in [-0.25, -0.2) is 0 Å². The fourth-order valence-corrected chi connectivity index (χ4v) is 4.44. The summed E-state index contributed by atoms with van der Waals surface area (Å²) in [6, 6.07) is 6.90. The van der Waals surface area contributed by atoms with Gasteiger partial charge in [-0.3, -0.25) is 0 Å². The molecule has 36 heavy (non-hydrogen) atoms. The number of ether oxygens (including phenoxy) is 3. The third kappa shape index (κ3) is 4.56. The van der Waals surface area contributed by atoms with Gasteiger partial charge < -0.3 is 65.3 Å². The lowest BCUT2D eigenvalue weighted by Crippen LogP contribution is -2.60. The molecule has 0 amide bonds. The molecule has 2 heterocycles. The Morgan fingerprint density at radius 2 is 1.33 bits per heavy atom. The standard InChI is InChI=1S/C23H28O13/c24-8-16-18(29)19(30)20(31)22(35-16)34-15-7-17(36-21(15)32)23(33,9-1-3-11(25)13(27)5-9)10-2-4-12(26)14(28)6-10/h1-6,15-22,24-33H,7-8H2/t15-,16-,17+,18-,19+,20-,21-,22-/m0/s1. The lowest BCUT2D eigenvalue weighted by molar-refractivity contribution is -0.320. The lowest BCUT2D eigenvalue weighted by atomic mass is 9.80. The maximum Gasteiger partial charge on any atom is 0.187 e. The van der Waals surface area contributed by atoms with Crippen LogP contribution in [-0.4, -0.2) is 107 Å². The summed E-state index contributed by atoms with van der Waals surface area (Å²) >= 11 is 0. The Morgan fingerprint density at radius 1 is 0.778 bits per heavy atom. The number of hydrogen-bond acceptors (Lipinski definition) is 13. The van der Waals surface area contributed by atoms with Crippen LogP contribution in [0.3, 0.4) is 0 Å². The first-order valence-electron chi connectivity index (χ1n) is 11.0. The highest BCUT2D eigenvalue weighted by atomic mass is 16.7. The van der Waals surface area contributed by atoms with Crippen molar-refractivity contribution >= 4 is 0 Å². The second kappa shape index (κ2) is 9.97. The van der Waals surface area contributed by atoms with Gasteiger partial charge in [0, 0.05) is 6.42 Å². The molecule has 4 rings (SSSR count). The molecule has 13 nitrogen and oxygen atoms in total. The molecule has 2 aromatic rings. The fourth-order valence-electron chi connectivity index (χ4n) is 4.44. The van der Waals surface area contributed by atoms with Gasteiger partial charge in [-0.05, 0) is 35.4 Å². The summed E-state index contributed by atoms with van der Waals surface area (Å²) in [5.74, 6) is -2.07. The lowest BCUT2D eigenvalue weighted by Gasteiger charge is -2.40. The highest BCUT2D eigenvalue weighted by Crippen LogP contribution is 2.45. The molecule has 2 aliphatic rings. The SMILES string of the molecule is OC[C@@H]1O[C@H](O[C@H]2C[C@H](C(O)(c3ccc(O)c(O)c3)c3ccc(O)c(O)c3)O[C@@H]2O)[C@@H](O)[C@H](O)[C@H]1O. The van der Waals surface area contributed by atoms with Gasteiger partial charge in [-0.1, -0.05) is 12.1 Å². The predicted octanol–water partition coefficient (Wildman–Crippen LogP) is -1.96. The second-order valence-corrected chi connectivity index (χ2v) is 8.80. The molecule has 0 radical (unpaired) electrons. The van der Waals surface area contributed by atoms with Crippen molar-refractivity contribution in [3.8, 4) is 23.0 Å². The van der Waals surface area contributed by atoms with Gasteiger partial charge in [-0.15, -0.1) is 0 Å². The minimum absolute atomic E-state index is 0.00594. The van der Waals surface area contributed by atoms with E-state index in [1.807, 2.05) is 0 Å². The smallest absolute Gasteiger partial charge is 0.187 e. The summed E-state index contributed by atoms with van der Waals surface area (Å²) in [5, 5.41) is 101. The number of aromatic hydroxyl groups is 4. The van der Waals surface area contributed by atoms with Gasteiger partial charge in [0.1, 0.15) is 42.2 Å². The maximum absolute atomic E-state index is 11.9. The molecule has 0 unspecified atom stereocenters. The van der Waals surface area contributed by atoms with Crippen LogP contribution in [0.1, 0.15) is 17.5 Å². The summed E-state index contributed by atoms with van der Waals surface area (Å²) in [4.78, 5) is 0. The van der Waals surface area contributed by atoms with Crippen molar-refractivity contribution in [1.82, 2.24) is 0 Å². The number of phenolic OH excluding ortho intramolecular Hbond substituents is 4. The average molecular weight is 512 g/mol. The molecule has 2 aromatic carbocycles. The molecule has 0 aliphatic carbocycles. The summed E-state index contributed by atoms with van der Waals surface area (Å²) in [7, 11) is 0. The van der Waals surface area contributed by atoms with Crippen LogP contribution in [-0.2, 0) is 19.8 Å². The van der Waals surface area contributed by atoms with Crippen molar-refractivity contribution < 1.29 is 65.3 Å². The first-order chi connectivity index (χ1) is 17.0. The highest BCUT2D eigenvalue weighted by molar-refractivity contribution is 5.50. The third-order valence-electron chi connectivity index (χ3n) is 6.52.